The van der Waals surface area contributed by atoms with Crippen molar-refractivity contribution in [3.8, 4) is 17.6 Å². The van der Waals surface area contributed by atoms with E-state index in [0.717, 1.165) is 55.5 Å². The van der Waals surface area contributed by atoms with E-state index in [-0.39, 0.29) is 13.4 Å². The van der Waals surface area contributed by atoms with Gasteiger partial charge in [-0.1, -0.05) is 188 Å². The van der Waals surface area contributed by atoms with Crippen LogP contribution in [-0.2, 0) is 0 Å². The average molecular weight is 962 g/mol. The second-order valence-electron chi connectivity index (χ2n) is 20.0. The number of fused-ring (bicyclic) bond motifs is 9. The van der Waals surface area contributed by atoms with Gasteiger partial charge >= 0.3 is 0 Å². The molecule has 0 amide bonds. The Kier molecular flexibility index (Phi) is 10.5. The molecule has 0 bridgehead atoms. The highest BCUT2D eigenvalue weighted by molar-refractivity contribution is 6.97. The molecule has 8 aromatic carbocycles. The summed E-state index contributed by atoms with van der Waals surface area (Å²) in [6.07, 6.45) is 7.44. The topological polar surface area (TPSA) is 66.3 Å². The second kappa shape index (κ2) is 17.7. The van der Waals surface area contributed by atoms with Crippen LogP contribution in [0.4, 0.5) is 0 Å². The van der Waals surface area contributed by atoms with Gasteiger partial charge in [-0.15, -0.1) is 0 Å². The smallest absolute Gasteiger partial charge is 0.242 e. The number of aromatic nitrogens is 7. The van der Waals surface area contributed by atoms with Gasteiger partial charge in [-0.3, -0.25) is 13.7 Å². The molecule has 6 heterocycles. The molecule has 14 rings (SSSR count). The van der Waals surface area contributed by atoms with Crippen molar-refractivity contribution in [2.75, 3.05) is 0 Å². The maximum Gasteiger partial charge on any atom is 0.242 e. The van der Waals surface area contributed by atoms with Gasteiger partial charge in [-0.25, -0.2) is 19.9 Å². The fourth-order valence-electron chi connectivity index (χ4n) is 12.5. The van der Waals surface area contributed by atoms with Gasteiger partial charge in [0.2, 0.25) is 19.4 Å². The quantitative estimate of drug-likeness (QED) is 0.135. The summed E-state index contributed by atoms with van der Waals surface area (Å²) in [6.45, 7) is 8.79. The summed E-state index contributed by atoms with van der Waals surface area (Å²) >= 11 is 0. The highest BCUT2D eigenvalue weighted by atomic mass is 15.1. The summed E-state index contributed by atoms with van der Waals surface area (Å²) in [4.78, 5) is 19.7. The van der Waals surface area contributed by atoms with E-state index in [1.165, 1.54) is 76.6 Å². The van der Waals surface area contributed by atoms with Crippen LogP contribution in [0.15, 0.2) is 225 Å². The third-order valence-corrected chi connectivity index (χ3v) is 15.7. The zero-order valence-corrected chi connectivity index (χ0v) is 42.1. The molecular weight excluding hydrogens is 912 g/mol. The van der Waals surface area contributed by atoms with Crippen molar-refractivity contribution in [2.24, 2.45) is 0 Å². The van der Waals surface area contributed by atoms with Gasteiger partial charge in [0, 0.05) is 57.1 Å². The number of rotatable bonds is 9. The molecule has 0 aliphatic carbocycles. The van der Waals surface area contributed by atoms with E-state index in [1.807, 2.05) is 43.0 Å². The number of benzene rings is 8. The van der Waals surface area contributed by atoms with Crippen molar-refractivity contribution >= 4 is 112 Å². The highest BCUT2D eigenvalue weighted by Crippen LogP contribution is 2.34. The zero-order valence-electron chi connectivity index (χ0n) is 42.1. The van der Waals surface area contributed by atoms with E-state index in [9.17, 15) is 0 Å². The number of aryl methyl sites for hydroxylation is 4. The van der Waals surface area contributed by atoms with Crippen LogP contribution in [0.3, 0.4) is 0 Å². The SMILES string of the molecule is Cc1cccc(C)c1B(c1ccc2c3ccccc3n(-c3ccccn3)c2c1)c1ccc2c3ccc(B(c4ccc5c6ccccc6n(-c6ccccn6)c5c4)c4c(C)cccc4C)cc3n(-c3ncccn3)c2c1. The first-order valence-corrected chi connectivity index (χ1v) is 25.8. The molecule has 0 N–H and O–H groups in total. The Morgan fingerprint density at radius 2 is 0.613 bits per heavy atom. The van der Waals surface area contributed by atoms with Crippen LogP contribution in [0.25, 0.3) is 83.0 Å². The zero-order chi connectivity index (χ0) is 50.3. The average Bonchev–Trinajstić information content (AvgIpc) is 4.11. The van der Waals surface area contributed by atoms with Crippen LogP contribution in [0.1, 0.15) is 22.3 Å². The van der Waals surface area contributed by atoms with Crippen molar-refractivity contribution in [3.05, 3.63) is 247 Å². The minimum absolute atomic E-state index is 0.0982. The minimum atomic E-state index is -0.0982. The van der Waals surface area contributed by atoms with Crippen molar-refractivity contribution < 1.29 is 0 Å². The predicted molar refractivity (Wildman–Crippen MR) is 315 cm³/mol. The van der Waals surface area contributed by atoms with Crippen LogP contribution in [0, 0.1) is 27.7 Å². The fourth-order valence-corrected chi connectivity index (χ4v) is 12.5. The fraction of sp³-hybridized carbons (Fsp3) is 0.0606. The van der Waals surface area contributed by atoms with Crippen molar-refractivity contribution in [3.63, 3.8) is 0 Å². The lowest BCUT2D eigenvalue weighted by Crippen LogP contribution is -2.54. The molecule has 0 unspecified atom stereocenters. The number of para-hydroxylation sites is 2. The minimum Gasteiger partial charge on any atom is -0.294 e. The van der Waals surface area contributed by atoms with E-state index in [1.54, 1.807) is 0 Å². The molecule has 0 aliphatic heterocycles. The first-order valence-electron chi connectivity index (χ1n) is 25.8. The second-order valence-corrected chi connectivity index (χ2v) is 20.0. The number of nitrogens with zero attached hydrogens (tertiary/aromatic N) is 7. The maximum atomic E-state index is 4.98. The standard InChI is InChI=1S/C66H49B2N7/c1-42-16-13-17-43(2)64(42)67(46-26-30-52-50-20-5-7-22-56(50)73(58(52)38-46)62-24-9-11-34-69-62)48-28-32-54-55-33-29-49(41-61(55)75(60(54)40-48)66-71-36-15-37-72-66)68(65-44(3)18-14-19-45(65)4)47-27-31-53-51-21-6-8-23-57(51)74(59(53)39-47)63-25-10-12-35-70-63/h5-41H,1-4H3. The highest BCUT2D eigenvalue weighted by Gasteiger charge is 2.30. The van der Waals surface area contributed by atoms with E-state index in [2.05, 4.69) is 223 Å². The Hall–Kier alpha value is -9.33. The summed E-state index contributed by atoms with van der Waals surface area (Å²) in [7, 11) is 0. The summed E-state index contributed by atoms with van der Waals surface area (Å²) in [5, 5.41) is 7.08. The number of hydrogen-bond acceptors (Lipinski definition) is 4. The van der Waals surface area contributed by atoms with Gasteiger partial charge in [0.05, 0.1) is 33.1 Å². The maximum absolute atomic E-state index is 4.98. The van der Waals surface area contributed by atoms with Gasteiger partial charge in [0.1, 0.15) is 11.6 Å². The van der Waals surface area contributed by atoms with Crippen LogP contribution in [-0.4, -0.2) is 47.1 Å². The van der Waals surface area contributed by atoms with Crippen molar-refractivity contribution in [2.45, 2.75) is 27.7 Å². The molecule has 0 radical (unpaired) electrons. The molecule has 0 aliphatic rings. The van der Waals surface area contributed by atoms with Crippen LogP contribution in [0.5, 0.6) is 0 Å². The van der Waals surface area contributed by atoms with Crippen LogP contribution in [0.2, 0.25) is 0 Å². The lowest BCUT2D eigenvalue weighted by atomic mass is 9.35. The van der Waals surface area contributed by atoms with Crippen molar-refractivity contribution in [1.82, 2.24) is 33.6 Å². The van der Waals surface area contributed by atoms with Crippen LogP contribution >= 0.6 is 0 Å². The molecule has 0 fully saturated rings. The summed E-state index contributed by atoms with van der Waals surface area (Å²) in [6, 6.07) is 73.0. The molecule has 14 aromatic rings. The molecule has 0 saturated carbocycles. The first-order chi connectivity index (χ1) is 36.9. The third kappa shape index (κ3) is 7.14. The molecule has 0 spiro atoms. The van der Waals surface area contributed by atoms with Gasteiger partial charge in [0.15, 0.2) is 0 Å². The molecule has 0 atom stereocenters. The lowest BCUT2D eigenvalue weighted by molar-refractivity contribution is 0.989. The third-order valence-electron chi connectivity index (χ3n) is 15.7. The Morgan fingerprint density at radius 1 is 0.280 bits per heavy atom. The first kappa shape index (κ1) is 44.4. The Labute approximate surface area is 435 Å². The molecule has 9 heteroatoms. The van der Waals surface area contributed by atoms with Gasteiger partial charge < -0.3 is 0 Å². The molecule has 354 valence electrons. The van der Waals surface area contributed by atoms with E-state index in [4.69, 9.17) is 19.9 Å². The number of hydrogen-bond donors (Lipinski definition) is 0. The summed E-state index contributed by atoms with van der Waals surface area (Å²) < 4.78 is 6.90. The molecular formula is C66H49B2N7. The predicted octanol–water partition coefficient (Wildman–Crippen LogP) is 10.8. The van der Waals surface area contributed by atoms with Crippen LogP contribution < -0.4 is 32.8 Å². The molecule has 7 nitrogen and oxygen atoms in total. The molecule has 0 saturated heterocycles. The normalized spacial score (nSPS) is 11.7. The van der Waals surface area contributed by atoms with E-state index >= 15 is 0 Å². The summed E-state index contributed by atoms with van der Waals surface area (Å²) in [5.74, 6) is 2.41. The molecule has 6 aromatic heterocycles. The molecule has 75 heavy (non-hydrogen) atoms. The Bertz CT molecular complexity index is 4230. The van der Waals surface area contributed by atoms with Crippen molar-refractivity contribution in [1.29, 1.82) is 0 Å². The van der Waals surface area contributed by atoms with Gasteiger partial charge in [0.25, 0.3) is 0 Å². The largest absolute Gasteiger partial charge is 0.294 e. The Morgan fingerprint density at radius 3 is 0.987 bits per heavy atom. The Balaban J connectivity index is 1.00. The lowest BCUT2D eigenvalue weighted by Gasteiger charge is -2.21. The van der Waals surface area contributed by atoms with E-state index in [0.29, 0.717) is 5.95 Å². The van der Waals surface area contributed by atoms with Gasteiger partial charge in [-0.2, -0.15) is 0 Å². The van der Waals surface area contributed by atoms with E-state index < -0.39 is 0 Å². The summed E-state index contributed by atoms with van der Waals surface area (Å²) in [5.41, 5.74) is 19.0. The number of pyridine rings is 2. The van der Waals surface area contributed by atoms with Gasteiger partial charge in [-0.05, 0) is 94.4 Å². The monoisotopic (exact) mass is 961 g/mol.